The monoisotopic (exact) mass is 302 g/mol. The van der Waals surface area contributed by atoms with Gasteiger partial charge in [0, 0.05) is 6.07 Å². The molecule has 0 amide bonds. The van der Waals surface area contributed by atoms with Gasteiger partial charge in [0.25, 0.3) is 0 Å². The van der Waals surface area contributed by atoms with Gasteiger partial charge in [-0.25, -0.2) is 4.68 Å². The SMILES string of the molecule is O=S(=O)(Oc1cccc(-n2cnnn2)c1)c1ccccc1. The number of rotatable bonds is 4. The molecule has 3 rings (SSSR count). The topological polar surface area (TPSA) is 87.0 Å². The van der Waals surface area contributed by atoms with E-state index in [0.29, 0.717) is 5.69 Å². The molecule has 0 saturated carbocycles. The van der Waals surface area contributed by atoms with Crippen LogP contribution in [0.2, 0.25) is 0 Å². The second kappa shape index (κ2) is 5.33. The molecule has 1 aromatic heterocycles. The molecule has 0 aliphatic heterocycles. The zero-order chi connectivity index (χ0) is 14.7. The largest absolute Gasteiger partial charge is 0.379 e. The van der Waals surface area contributed by atoms with Crippen LogP contribution in [0.4, 0.5) is 0 Å². The first-order chi connectivity index (χ1) is 10.1. The summed E-state index contributed by atoms with van der Waals surface area (Å²) in [5.74, 6) is 0.187. The van der Waals surface area contributed by atoms with Gasteiger partial charge >= 0.3 is 10.1 Å². The Morgan fingerprint density at radius 3 is 2.52 bits per heavy atom. The second-order valence-electron chi connectivity index (χ2n) is 4.10. The van der Waals surface area contributed by atoms with Crippen LogP contribution in [0.1, 0.15) is 0 Å². The number of aromatic nitrogens is 4. The first-order valence-electron chi connectivity index (χ1n) is 5.98. The molecule has 2 aromatic carbocycles. The zero-order valence-corrected chi connectivity index (χ0v) is 11.5. The van der Waals surface area contributed by atoms with Crippen molar-refractivity contribution >= 4 is 10.1 Å². The van der Waals surface area contributed by atoms with Crippen molar-refractivity contribution < 1.29 is 12.6 Å². The smallest absolute Gasteiger partial charge is 0.339 e. The van der Waals surface area contributed by atoms with Gasteiger partial charge in [-0.1, -0.05) is 24.3 Å². The third-order valence-electron chi connectivity index (χ3n) is 2.67. The lowest BCUT2D eigenvalue weighted by atomic mass is 10.3. The molecule has 0 aliphatic rings. The fraction of sp³-hybridized carbons (Fsp3) is 0. The van der Waals surface area contributed by atoms with E-state index in [0.717, 1.165) is 0 Å². The van der Waals surface area contributed by atoms with Gasteiger partial charge in [-0.15, -0.1) is 5.10 Å². The molecule has 0 spiro atoms. The van der Waals surface area contributed by atoms with Crippen molar-refractivity contribution in [2.75, 3.05) is 0 Å². The van der Waals surface area contributed by atoms with Crippen LogP contribution in [-0.4, -0.2) is 28.6 Å². The second-order valence-corrected chi connectivity index (χ2v) is 5.65. The van der Waals surface area contributed by atoms with Gasteiger partial charge in [-0.05, 0) is 34.7 Å². The summed E-state index contributed by atoms with van der Waals surface area (Å²) >= 11 is 0. The van der Waals surface area contributed by atoms with Crippen molar-refractivity contribution in [1.82, 2.24) is 20.2 Å². The number of benzene rings is 2. The summed E-state index contributed by atoms with van der Waals surface area (Å²) in [6, 6.07) is 14.4. The quantitative estimate of drug-likeness (QED) is 0.678. The van der Waals surface area contributed by atoms with Gasteiger partial charge < -0.3 is 4.18 Å². The number of tetrazole rings is 1. The zero-order valence-electron chi connectivity index (χ0n) is 10.7. The summed E-state index contributed by atoms with van der Waals surface area (Å²) in [5.41, 5.74) is 0.598. The molecule has 0 saturated heterocycles. The molecule has 3 aromatic rings. The lowest BCUT2D eigenvalue weighted by Crippen LogP contribution is -2.09. The van der Waals surface area contributed by atoms with E-state index >= 15 is 0 Å². The Bertz CT molecular complexity index is 833. The Balaban J connectivity index is 1.91. The highest BCUT2D eigenvalue weighted by Gasteiger charge is 2.16. The van der Waals surface area contributed by atoms with Gasteiger partial charge in [-0.2, -0.15) is 8.42 Å². The highest BCUT2D eigenvalue weighted by Crippen LogP contribution is 2.20. The summed E-state index contributed by atoms with van der Waals surface area (Å²) < 4.78 is 30.8. The van der Waals surface area contributed by atoms with Crippen LogP contribution >= 0.6 is 0 Å². The van der Waals surface area contributed by atoms with E-state index in [2.05, 4.69) is 15.5 Å². The molecule has 0 fully saturated rings. The van der Waals surface area contributed by atoms with Crippen molar-refractivity contribution in [3.05, 3.63) is 60.9 Å². The van der Waals surface area contributed by atoms with Gasteiger partial charge in [0.2, 0.25) is 0 Å². The average Bonchev–Trinajstić information content (AvgIpc) is 3.02. The molecule has 8 heteroatoms. The van der Waals surface area contributed by atoms with Crippen molar-refractivity contribution in [3.63, 3.8) is 0 Å². The molecule has 0 atom stereocenters. The van der Waals surface area contributed by atoms with Gasteiger partial charge in [0.05, 0.1) is 5.69 Å². The number of hydrogen-bond donors (Lipinski definition) is 0. The van der Waals surface area contributed by atoms with Crippen LogP contribution in [0.5, 0.6) is 5.75 Å². The molecule has 21 heavy (non-hydrogen) atoms. The highest BCUT2D eigenvalue weighted by molar-refractivity contribution is 7.87. The van der Waals surface area contributed by atoms with Crippen LogP contribution < -0.4 is 4.18 Å². The Kier molecular flexibility index (Phi) is 3.36. The standard InChI is InChI=1S/C13H10N4O3S/c18-21(19,13-7-2-1-3-8-13)20-12-6-4-5-11(9-12)17-10-14-15-16-17/h1-10H. The van der Waals surface area contributed by atoms with Crippen molar-refractivity contribution in [1.29, 1.82) is 0 Å². The summed E-state index contributed by atoms with van der Waals surface area (Å²) in [6.45, 7) is 0. The lowest BCUT2D eigenvalue weighted by molar-refractivity contribution is 0.486. The summed E-state index contributed by atoms with van der Waals surface area (Å²) in [6.07, 6.45) is 1.41. The minimum atomic E-state index is -3.86. The van der Waals surface area contributed by atoms with Crippen molar-refractivity contribution in [2.24, 2.45) is 0 Å². The molecule has 1 heterocycles. The van der Waals surface area contributed by atoms with E-state index in [1.807, 2.05) is 0 Å². The molecule has 0 aliphatic carbocycles. The first-order valence-corrected chi connectivity index (χ1v) is 7.39. The molecule has 106 valence electrons. The molecule has 0 radical (unpaired) electrons. The van der Waals surface area contributed by atoms with Gasteiger partial charge in [-0.3, -0.25) is 0 Å². The summed E-state index contributed by atoms with van der Waals surface area (Å²) in [4.78, 5) is 0.0952. The maximum Gasteiger partial charge on any atom is 0.339 e. The van der Waals surface area contributed by atoms with E-state index < -0.39 is 10.1 Å². The molecule has 0 N–H and O–H groups in total. The molecule has 0 bridgehead atoms. The molecule has 0 unspecified atom stereocenters. The summed E-state index contributed by atoms with van der Waals surface area (Å²) in [7, 11) is -3.86. The normalized spacial score (nSPS) is 11.2. The predicted molar refractivity (Wildman–Crippen MR) is 73.4 cm³/mol. The van der Waals surface area contributed by atoms with E-state index in [4.69, 9.17) is 4.18 Å². The van der Waals surface area contributed by atoms with Crippen LogP contribution in [-0.2, 0) is 10.1 Å². The highest BCUT2D eigenvalue weighted by atomic mass is 32.2. The fourth-order valence-corrected chi connectivity index (χ4v) is 2.66. The van der Waals surface area contributed by atoms with E-state index in [1.54, 1.807) is 36.4 Å². The van der Waals surface area contributed by atoms with Crippen LogP contribution in [0.25, 0.3) is 5.69 Å². The lowest BCUT2D eigenvalue weighted by Gasteiger charge is -2.08. The minimum Gasteiger partial charge on any atom is -0.379 e. The average molecular weight is 302 g/mol. The van der Waals surface area contributed by atoms with E-state index in [-0.39, 0.29) is 10.6 Å². The Morgan fingerprint density at radius 2 is 1.81 bits per heavy atom. The number of hydrogen-bond acceptors (Lipinski definition) is 6. The Labute approximate surface area is 120 Å². The van der Waals surface area contributed by atoms with Gasteiger partial charge in [0.15, 0.2) is 0 Å². The Morgan fingerprint density at radius 1 is 1.00 bits per heavy atom. The van der Waals surface area contributed by atoms with Crippen molar-refractivity contribution in [3.8, 4) is 11.4 Å². The third kappa shape index (κ3) is 2.90. The maximum atomic E-state index is 12.1. The summed E-state index contributed by atoms with van der Waals surface area (Å²) in [5, 5.41) is 10.8. The van der Waals surface area contributed by atoms with Crippen LogP contribution in [0.3, 0.4) is 0 Å². The van der Waals surface area contributed by atoms with Gasteiger partial charge in [0.1, 0.15) is 17.0 Å². The van der Waals surface area contributed by atoms with Crippen molar-refractivity contribution in [2.45, 2.75) is 4.90 Å². The first kappa shape index (κ1) is 13.3. The fourth-order valence-electron chi connectivity index (χ4n) is 1.72. The third-order valence-corrected chi connectivity index (χ3v) is 3.93. The number of nitrogens with zero attached hydrogens (tertiary/aromatic N) is 4. The van der Waals surface area contributed by atoms with Crippen LogP contribution in [0.15, 0.2) is 65.8 Å². The van der Waals surface area contributed by atoms with Crippen LogP contribution in [0, 0.1) is 0 Å². The minimum absolute atomic E-state index is 0.0952. The molecular weight excluding hydrogens is 292 g/mol. The predicted octanol–water partition coefficient (Wildman–Crippen LogP) is 1.43. The maximum absolute atomic E-state index is 12.1. The van der Waals surface area contributed by atoms with E-state index in [9.17, 15) is 8.42 Å². The molecular formula is C13H10N4O3S. The molecule has 7 nitrogen and oxygen atoms in total. The van der Waals surface area contributed by atoms with E-state index in [1.165, 1.54) is 29.2 Å². The Hall–Kier alpha value is -2.74.